The third kappa shape index (κ3) is 5.03. The van der Waals surface area contributed by atoms with Gasteiger partial charge in [0.05, 0.1) is 42.0 Å². The van der Waals surface area contributed by atoms with E-state index < -0.39 is 18.6 Å². The van der Waals surface area contributed by atoms with Gasteiger partial charge < -0.3 is 24.4 Å². The molecule has 0 amide bonds. The van der Waals surface area contributed by atoms with E-state index >= 15 is 0 Å². The van der Waals surface area contributed by atoms with Gasteiger partial charge in [0.1, 0.15) is 18.1 Å². The van der Waals surface area contributed by atoms with Crippen LogP contribution in [-0.2, 0) is 0 Å². The molecule has 1 fully saturated rings. The van der Waals surface area contributed by atoms with Gasteiger partial charge in [0, 0.05) is 30.9 Å². The molecule has 5 aromatic rings. The molecular formula is C27H24F2N10O3. The standard InChI is InChI=1S/C27H24F2N10O3/c1-15-8-17(4-5-19(15)41-22-9-21-35-36-37-39(21)14-33-22)34-24-16(10-30)11-31-18-12-32-26(40-3)25(23(18)24)42-20-6-7-38(2)13-27(20,28)29/h4-5,8-9,11-12,14,20H,6-7,13H2,1-3H3,(H,31,34)/t20-/m1/s1. The second-order valence-electron chi connectivity index (χ2n) is 9.83. The quantitative estimate of drug-likeness (QED) is 0.300. The number of methoxy groups -OCH3 is 1. The third-order valence-electron chi connectivity index (χ3n) is 6.86. The van der Waals surface area contributed by atoms with Crippen LogP contribution >= 0.6 is 0 Å². The first-order valence-electron chi connectivity index (χ1n) is 12.8. The molecule has 1 saturated heterocycles. The smallest absolute Gasteiger partial charge is 0.296 e. The number of nitriles is 1. The van der Waals surface area contributed by atoms with Crippen LogP contribution in [0.5, 0.6) is 23.3 Å². The predicted molar refractivity (Wildman–Crippen MR) is 145 cm³/mol. The van der Waals surface area contributed by atoms with Crippen LogP contribution in [-0.4, -0.2) is 79.2 Å². The molecule has 1 atom stereocenters. The molecule has 1 aromatic carbocycles. The number of ether oxygens (including phenoxy) is 3. The van der Waals surface area contributed by atoms with Crippen LogP contribution in [0.4, 0.5) is 20.2 Å². The molecule has 15 heteroatoms. The Labute approximate surface area is 237 Å². The Kier molecular flexibility index (Phi) is 6.83. The van der Waals surface area contributed by atoms with Crippen LogP contribution in [0.2, 0.25) is 0 Å². The normalized spacial score (nSPS) is 16.7. The lowest BCUT2D eigenvalue weighted by Gasteiger charge is -2.36. The van der Waals surface area contributed by atoms with Crippen LogP contribution < -0.4 is 19.5 Å². The Bertz CT molecular complexity index is 1840. The van der Waals surface area contributed by atoms with Crippen LogP contribution in [0, 0.1) is 18.3 Å². The van der Waals surface area contributed by atoms with Crippen molar-refractivity contribution >= 4 is 27.9 Å². The number of aryl methyl sites for hydroxylation is 1. The number of piperidine rings is 1. The Morgan fingerprint density at radius 2 is 2.02 bits per heavy atom. The topological polar surface area (TPSA) is 148 Å². The Morgan fingerprint density at radius 1 is 1.17 bits per heavy atom. The van der Waals surface area contributed by atoms with Crippen LogP contribution in [0.3, 0.4) is 0 Å². The summed E-state index contributed by atoms with van der Waals surface area (Å²) in [5.74, 6) is -2.29. The highest BCUT2D eigenvalue weighted by molar-refractivity contribution is 6.01. The molecule has 0 saturated carbocycles. The number of fused-ring (bicyclic) bond motifs is 2. The van der Waals surface area contributed by atoms with Crippen molar-refractivity contribution in [3.8, 4) is 29.3 Å². The summed E-state index contributed by atoms with van der Waals surface area (Å²) in [7, 11) is 3.01. The molecule has 214 valence electrons. The van der Waals surface area contributed by atoms with E-state index in [1.165, 1.54) is 30.3 Å². The molecule has 0 unspecified atom stereocenters. The maximum Gasteiger partial charge on any atom is 0.296 e. The molecule has 0 radical (unpaired) electrons. The first-order chi connectivity index (χ1) is 20.3. The molecule has 42 heavy (non-hydrogen) atoms. The van der Waals surface area contributed by atoms with E-state index in [2.05, 4.69) is 41.9 Å². The largest absolute Gasteiger partial charge is 0.478 e. The van der Waals surface area contributed by atoms with Gasteiger partial charge in [-0.3, -0.25) is 4.98 Å². The lowest BCUT2D eigenvalue weighted by molar-refractivity contribution is -0.135. The van der Waals surface area contributed by atoms with E-state index in [9.17, 15) is 14.0 Å². The van der Waals surface area contributed by atoms with E-state index in [1.807, 2.05) is 13.0 Å². The molecular weight excluding hydrogens is 550 g/mol. The van der Waals surface area contributed by atoms with Gasteiger partial charge in [-0.05, 0) is 48.2 Å². The van der Waals surface area contributed by atoms with Gasteiger partial charge in [0.2, 0.25) is 5.88 Å². The number of rotatable bonds is 7. The number of halogens is 2. The summed E-state index contributed by atoms with van der Waals surface area (Å²) in [6.07, 6.45) is 2.94. The van der Waals surface area contributed by atoms with E-state index in [4.69, 9.17) is 14.2 Å². The summed E-state index contributed by atoms with van der Waals surface area (Å²) in [5, 5.41) is 24.7. The van der Waals surface area contributed by atoms with Gasteiger partial charge in [0.15, 0.2) is 17.5 Å². The Hall–Kier alpha value is -5.23. The fourth-order valence-corrected chi connectivity index (χ4v) is 4.78. The van der Waals surface area contributed by atoms with E-state index in [0.29, 0.717) is 46.1 Å². The maximum atomic E-state index is 15.0. The van der Waals surface area contributed by atoms with E-state index in [1.54, 1.807) is 30.1 Å². The molecule has 6 rings (SSSR count). The van der Waals surface area contributed by atoms with Gasteiger partial charge in [-0.1, -0.05) is 0 Å². The van der Waals surface area contributed by atoms with Crippen molar-refractivity contribution in [2.45, 2.75) is 25.4 Å². The Morgan fingerprint density at radius 3 is 2.79 bits per heavy atom. The number of hydrogen-bond donors (Lipinski definition) is 1. The second kappa shape index (κ2) is 10.6. The zero-order chi connectivity index (χ0) is 29.4. The molecule has 1 aliphatic heterocycles. The number of nitrogens with zero attached hydrogens (tertiary/aromatic N) is 9. The first-order valence-corrected chi connectivity index (χ1v) is 12.8. The second-order valence-corrected chi connectivity index (χ2v) is 9.83. The van der Waals surface area contributed by atoms with Crippen molar-refractivity contribution in [1.29, 1.82) is 5.26 Å². The maximum absolute atomic E-state index is 15.0. The number of hydrogen-bond acceptors (Lipinski definition) is 12. The fraction of sp³-hybridized carbons (Fsp3) is 0.296. The summed E-state index contributed by atoms with van der Waals surface area (Å²) in [5.41, 5.74) is 2.65. The summed E-state index contributed by atoms with van der Waals surface area (Å²) in [4.78, 5) is 14.3. The highest BCUT2D eigenvalue weighted by Gasteiger charge is 2.46. The highest BCUT2D eigenvalue weighted by atomic mass is 19.3. The molecule has 0 spiro atoms. The van der Waals surface area contributed by atoms with Gasteiger partial charge in [-0.15, -0.1) is 5.10 Å². The first kappa shape index (κ1) is 27.0. The summed E-state index contributed by atoms with van der Waals surface area (Å²) in [6.45, 7) is 1.83. The minimum atomic E-state index is -3.12. The number of benzene rings is 1. The number of likely N-dealkylation sites (tertiary alicyclic amines) is 1. The van der Waals surface area contributed by atoms with E-state index in [-0.39, 0.29) is 23.6 Å². The van der Waals surface area contributed by atoms with Gasteiger partial charge in [-0.2, -0.15) is 9.78 Å². The summed E-state index contributed by atoms with van der Waals surface area (Å²) >= 11 is 0. The molecule has 1 N–H and O–H groups in total. The number of pyridine rings is 2. The van der Waals surface area contributed by atoms with Crippen LogP contribution in [0.15, 0.2) is 43.0 Å². The molecule has 5 heterocycles. The third-order valence-corrected chi connectivity index (χ3v) is 6.86. The van der Waals surface area contributed by atoms with Gasteiger partial charge in [-0.25, -0.2) is 18.7 Å². The number of alkyl halides is 2. The van der Waals surface area contributed by atoms with Crippen LogP contribution in [0.1, 0.15) is 17.5 Å². The zero-order valence-corrected chi connectivity index (χ0v) is 22.7. The van der Waals surface area contributed by atoms with Crippen molar-refractivity contribution < 1.29 is 23.0 Å². The summed E-state index contributed by atoms with van der Waals surface area (Å²) < 4.78 is 48.7. The van der Waals surface area contributed by atoms with E-state index in [0.717, 1.165) is 5.56 Å². The Balaban J connectivity index is 1.37. The number of nitrogens with one attached hydrogen (secondary N) is 1. The number of anilines is 2. The lowest BCUT2D eigenvalue weighted by Crippen LogP contribution is -2.52. The highest BCUT2D eigenvalue weighted by Crippen LogP contribution is 2.43. The number of aromatic nitrogens is 7. The SMILES string of the molecule is COc1ncc2ncc(C#N)c(Nc3ccc(Oc4cc5nnnn5cn4)c(C)c3)c2c1O[C@@H]1CCN(C)CC1(F)F. The van der Waals surface area contributed by atoms with Crippen LogP contribution in [0.25, 0.3) is 16.6 Å². The lowest BCUT2D eigenvalue weighted by atomic mass is 10.0. The molecule has 0 bridgehead atoms. The molecule has 0 aliphatic carbocycles. The summed E-state index contributed by atoms with van der Waals surface area (Å²) in [6, 6.07) is 9.02. The van der Waals surface area contributed by atoms with Crippen molar-refractivity contribution in [1.82, 2.24) is 39.9 Å². The predicted octanol–water partition coefficient (Wildman–Crippen LogP) is 3.91. The number of tetrazole rings is 1. The van der Waals surface area contributed by atoms with Crippen molar-refractivity contribution in [2.75, 3.05) is 32.6 Å². The van der Waals surface area contributed by atoms with Crippen molar-refractivity contribution in [3.63, 3.8) is 0 Å². The van der Waals surface area contributed by atoms with Gasteiger partial charge in [0.25, 0.3) is 11.8 Å². The average Bonchev–Trinajstić information content (AvgIpc) is 3.44. The molecule has 13 nitrogen and oxygen atoms in total. The van der Waals surface area contributed by atoms with Crippen molar-refractivity contribution in [2.24, 2.45) is 0 Å². The monoisotopic (exact) mass is 574 g/mol. The average molecular weight is 575 g/mol. The molecule has 1 aliphatic rings. The minimum Gasteiger partial charge on any atom is -0.478 e. The zero-order valence-electron chi connectivity index (χ0n) is 22.7. The van der Waals surface area contributed by atoms with Crippen molar-refractivity contribution in [3.05, 3.63) is 54.1 Å². The minimum absolute atomic E-state index is 0.00411. The molecule has 4 aromatic heterocycles. The fourth-order valence-electron chi connectivity index (χ4n) is 4.78. The van der Waals surface area contributed by atoms with Gasteiger partial charge >= 0.3 is 0 Å².